The minimum absolute atomic E-state index is 0.0731. The van der Waals surface area contributed by atoms with E-state index in [4.69, 9.17) is 16.9 Å². The molecule has 0 aliphatic carbocycles. The lowest BCUT2D eigenvalue weighted by molar-refractivity contribution is -0.384. The van der Waals surface area contributed by atoms with E-state index >= 15 is 0 Å². The molecular formula is C9H5ClN2O3. The smallest absolute Gasteiger partial charge is 0.289 e. The number of nitrogens with zero attached hydrogens (tertiary/aromatic N) is 2. The van der Waals surface area contributed by atoms with Crippen LogP contribution in [0.25, 0.3) is 0 Å². The Morgan fingerprint density at radius 2 is 2.20 bits per heavy atom. The van der Waals surface area contributed by atoms with Crippen LogP contribution in [0.5, 0.6) is 0 Å². The van der Waals surface area contributed by atoms with E-state index in [0.29, 0.717) is 0 Å². The lowest BCUT2D eigenvalue weighted by Crippen LogP contribution is -1.98. The quantitative estimate of drug-likeness (QED) is 0.438. The van der Waals surface area contributed by atoms with Crippen molar-refractivity contribution in [1.29, 1.82) is 5.26 Å². The van der Waals surface area contributed by atoms with Gasteiger partial charge in [-0.05, 0) is 13.0 Å². The first-order valence-corrected chi connectivity index (χ1v) is 4.24. The number of nitro groups is 1. The van der Waals surface area contributed by atoms with E-state index in [0.717, 1.165) is 6.07 Å². The highest BCUT2D eigenvalue weighted by atomic mass is 35.5. The van der Waals surface area contributed by atoms with Crippen LogP contribution in [0.3, 0.4) is 0 Å². The topological polar surface area (TPSA) is 84.0 Å². The Hall–Kier alpha value is -1.93. The molecule has 15 heavy (non-hydrogen) atoms. The number of carbonyl (C=O) groups is 1. The van der Waals surface area contributed by atoms with Crippen molar-refractivity contribution in [2.75, 3.05) is 0 Å². The van der Waals surface area contributed by atoms with Gasteiger partial charge in [-0.15, -0.1) is 0 Å². The maximum Gasteiger partial charge on any atom is 0.289 e. The molecule has 0 aromatic heterocycles. The summed E-state index contributed by atoms with van der Waals surface area (Å²) in [6.45, 7) is 1.26. The summed E-state index contributed by atoms with van der Waals surface area (Å²) in [6.07, 6.45) is 0. The molecule has 1 rings (SSSR count). The third-order valence-electron chi connectivity index (χ3n) is 1.78. The molecule has 0 N–H and O–H groups in total. The molecule has 0 bridgehead atoms. The Morgan fingerprint density at radius 3 is 2.60 bits per heavy atom. The number of nitro benzene ring substituents is 1. The second kappa shape index (κ2) is 4.07. The van der Waals surface area contributed by atoms with Crippen LogP contribution in [0.4, 0.5) is 5.69 Å². The van der Waals surface area contributed by atoms with Gasteiger partial charge in [-0.3, -0.25) is 14.9 Å². The molecule has 6 heteroatoms. The summed E-state index contributed by atoms with van der Waals surface area (Å²) in [7, 11) is 0. The van der Waals surface area contributed by atoms with Gasteiger partial charge in [0.25, 0.3) is 5.69 Å². The third-order valence-corrected chi connectivity index (χ3v) is 2.17. The molecule has 0 aliphatic heterocycles. The van der Waals surface area contributed by atoms with Crippen molar-refractivity contribution >= 4 is 23.1 Å². The van der Waals surface area contributed by atoms with Gasteiger partial charge in [0.2, 0.25) is 0 Å². The van der Waals surface area contributed by atoms with Gasteiger partial charge >= 0.3 is 0 Å². The third kappa shape index (κ3) is 2.11. The number of Topliss-reactive ketones (excluding diaryl/α,β-unsaturated/α-hetero) is 1. The Morgan fingerprint density at radius 1 is 1.60 bits per heavy atom. The number of rotatable bonds is 2. The molecule has 0 amide bonds. The fourth-order valence-electron chi connectivity index (χ4n) is 1.03. The van der Waals surface area contributed by atoms with Crippen molar-refractivity contribution in [3.05, 3.63) is 38.4 Å². The predicted molar refractivity (Wildman–Crippen MR) is 52.8 cm³/mol. The molecule has 1 aromatic carbocycles. The summed E-state index contributed by atoms with van der Waals surface area (Å²) in [5.41, 5.74) is -0.403. The fourth-order valence-corrected chi connectivity index (χ4v) is 1.25. The minimum atomic E-state index is -0.727. The van der Waals surface area contributed by atoms with Crippen LogP contribution < -0.4 is 0 Å². The van der Waals surface area contributed by atoms with Gasteiger partial charge in [-0.1, -0.05) is 11.6 Å². The number of benzene rings is 1. The largest absolute Gasteiger partial charge is 0.295 e. The van der Waals surface area contributed by atoms with Crippen LogP contribution in [0, 0.1) is 21.4 Å². The Bertz CT molecular complexity index is 491. The van der Waals surface area contributed by atoms with Gasteiger partial charge < -0.3 is 0 Å². The SMILES string of the molecule is CC(=O)c1cc(C#N)c(Cl)c([N+](=O)[O-])c1. The first kappa shape index (κ1) is 11.1. The van der Waals surface area contributed by atoms with Gasteiger partial charge in [0, 0.05) is 11.6 Å². The normalized spacial score (nSPS) is 9.40. The van der Waals surface area contributed by atoms with Gasteiger partial charge in [0.05, 0.1) is 10.5 Å². The van der Waals surface area contributed by atoms with Gasteiger partial charge in [0.15, 0.2) is 5.78 Å². The molecule has 1 aromatic rings. The van der Waals surface area contributed by atoms with E-state index in [1.807, 2.05) is 0 Å². The Kier molecular flexibility index (Phi) is 3.02. The lowest BCUT2D eigenvalue weighted by atomic mass is 10.1. The van der Waals surface area contributed by atoms with Crippen LogP contribution in [-0.4, -0.2) is 10.7 Å². The zero-order valence-corrected chi connectivity index (χ0v) is 8.41. The molecule has 0 fully saturated rings. The van der Waals surface area contributed by atoms with Crippen molar-refractivity contribution in [2.24, 2.45) is 0 Å². The molecule has 5 nitrogen and oxygen atoms in total. The second-order valence-electron chi connectivity index (χ2n) is 2.78. The van der Waals surface area contributed by atoms with Crippen molar-refractivity contribution in [3.63, 3.8) is 0 Å². The monoisotopic (exact) mass is 224 g/mol. The van der Waals surface area contributed by atoms with Gasteiger partial charge in [0.1, 0.15) is 11.1 Å². The standard InChI is InChI=1S/C9H5ClN2O3/c1-5(13)6-2-7(4-11)9(10)8(3-6)12(14)15/h2-3H,1H3. The van der Waals surface area contributed by atoms with E-state index < -0.39 is 10.6 Å². The zero-order chi connectivity index (χ0) is 11.6. The number of ketones is 1. The average Bonchev–Trinajstić information content (AvgIpc) is 2.17. The number of hydrogen-bond acceptors (Lipinski definition) is 4. The van der Waals surface area contributed by atoms with Crippen LogP contribution in [0.15, 0.2) is 12.1 Å². The zero-order valence-electron chi connectivity index (χ0n) is 7.65. The molecule has 0 spiro atoms. The highest BCUT2D eigenvalue weighted by Crippen LogP contribution is 2.29. The predicted octanol–water partition coefficient (Wildman–Crippen LogP) is 2.32. The van der Waals surface area contributed by atoms with Crippen molar-refractivity contribution in [3.8, 4) is 6.07 Å². The Labute approximate surface area is 90.0 Å². The van der Waals surface area contributed by atoms with E-state index in [9.17, 15) is 14.9 Å². The molecule has 0 saturated carbocycles. The molecule has 0 heterocycles. The molecule has 0 aliphatic rings. The van der Waals surface area contributed by atoms with Gasteiger partial charge in [-0.2, -0.15) is 5.26 Å². The average molecular weight is 225 g/mol. The number of carbonyl (C=O) groups excluding carboxylic acids is 1. The molecule has 0 radical (unpaired) electrons. The summed E-state index contributed by atoms with van der Waals surface area (Å²) in [5.74, 6) is -0.355. The second-order valence-corrected chi connectivity index (χ2v) is 3.16. The molecule has 0 unspecified atom stereocenters. The Balaban J connectivity index is 3.54. The van der Waals surface area contributed by atoms with E-state index in [-0.39, 0.29) is 21.9 Å². The number of nitriles is 1. The van der Waals surface area contributed by atoms with Crippen LogP contribution >= 0.6 is 11.6 Å². The summed E-state index contributed by atoms with van der Waals surface area (Å²) < 4.78 is 0. The number of halogens is 1. The van der Waals surface area contributed by atoms with Crippen LogP contribution in [0.2, 0.25) is 5.02 Å². The van der Waals surface area contributed by atoms with Crippen molar-refractivity contribution in [1.82, 2.24) is 0 Å². The molecule has 76 valence electrons. The first-order chi connectivity index (χ1) is 6.97. The molecular weight excluding hydrogens is 220 g/mol. The van der Waals surface area contributed by atoms with E-state index in [1.165, 1.54) is 13.0 Å². The lowest BCUT2D eigenvalue weighted by Gasteiger charge is -2.00. The fraction of sp³-hybridized carbons (Fsp3) is 0.111. The highest BCUT2D eigenvalue weighted by molar-refractivity contribution is 6.34. The maximum absolute atomic E-state index is 11.0. The maximum atomic E-state index is 11.0. The summed E-state index contributed by atoms with van der Waals surface area (Å²) >= 11 is 5.61. The molecule has 0 atom stereocenters. The summed E-state index contributed by atoms with van der Waals surface area (Å²) in [4.78, 5) is 20.9. The van der Waals surface area contributed by atoms with Crippen LogP contribution in [-0.2, 0) is 0 Å². The van der Waals surface area contributed by atoms with Crippen molar-refractivity contribution in [2.45, 2.75) is 6.92 Å². The van der Waals surface area contributed by atoms with E-state index in [1.54, 1.807) is 6.07 Å². The number of hydrogen-bond donors (Lipinski definition) is 0. The van der Waals surface area contributed by atoms with Crippen LogP contribution in [0.1, 0.15) is 22.8 Å². The van der Waals surface area contributed by atoms with Gasteiger partial charge in [-0.25, -0.2) is 0 Å². The van der Waals surface area contributed by atoms with E-state index in [2.05, 4.69) is 0 Å². The minimum Gasteiger partial charge on any atom is -0.295 e. The summed E-state index contributed by atoms with van der Waals surface area (Å²) in [5, 5.41) is 19.0. The highest BCUT2D eigenvalue weighted by Gasteiger charge is 2.19. The summed E-state index contributed by atoms with van der Waals surface area (Å²) in [6, 6.07) is 3.99. The first-order valence-electron chi connectivity index (χ1n) is 3.86. The van der Waals surface area contributed by atoms with Crippen molar-refractivity contribution < 1.29 is 9.72 Å². The molecule has 0 saturated heterocycles.